The number of ether oxygens (including phenoxy) is 1. The highest BCUT2D eigenvalue weighted by atomic mass is 19.1. The molecule has 3 aromatic rings. The number of aromatic nitrogens is 3. The number of fused-ring (bicyclic) bond motifs is 1. The number of carbonyl (C=O) groups excluding carboxylic acids is 2. The predicted octanol–water partition coefficient (Wildman–Crippen LogP) is 5.26. The van der Waals surface area contributed by atoms with E-state index in [2.05, 4.69) is 23.8 Å². The molecule has 10 heteroatoms. The van der Waals surface area contributed by atoms with Crippen LogP contribution in [0.2, 0.25) is 0 Å². The van der Waals surface area contributed by atoms with Crippen LogP contribution in [0.25, 0.3) is 0 Å². The van der Waals surface area contributed by atoms with Gasteiger partial charge in [0.15, 0.2) is 0 Å². The molecule has 0 N–H and O–H groups in total. The van der Waals surface area contributed by atoms with Gasteiger partial charge in [-0.2, -0.15) is 5.10 Å². The standard InChI is InChI=1S/C34H45FN6O3/c1-22-16-39(37-24(22)3)18-28-19-40(32(43)44-33(4,5)6)23(2)17-38(28)20-30(42)41-21-34(7,8)31-29(41)14-26(15-36-31)13-25-9-11-27(35)12-10-25/h9-12,14-16,23,28H,13,17-21H2,1-8H3/t23-,28+/m1/s1. The summed E-state index contributed by atoms with van der Waals surface area (Å²) >= 11 is 0. The molecule has 2 aliphatic heterocycles. The number of hydrogen-bond acceptors (Lipinski definition) is 6. The summed E-state index contributed by atoms with van der Waals surface area (Å²) in [5.41, 5.74) is 4.83. The van der Waals surface area contributed by atoms with Crippen LogP contribution in [-0.2, 0) is 27.9 Å². The van der Waals surface area contributed by atoms with Gasteiger partial charge in [0.2, 0.25) is 5.91 Å². The van der Waals surface area contributed by atoms with E-state index in [-0.39, 0.29) is 41.9 Å². The summed E-state index contributed by atoms with van der Waals surface area (Å²) in [6, 6.07) is 8.24. The van der Waals surface area contributed by atoms with E-state index >= 15 is 0 Å². The highest BCUT2D eigenvalue weighted by Gasteiger charge is 2.42. The van der Waals surface area contributed by atoms with Crippen molar-refractivity contribution in [2.45, 2.75) is 91.5 Å². The first-order valence-corrected chi connectivity index (χ1v) is 15.4. The van der Waals surface area contributed by atoms with Gasteiger partial charge in [0.05, 0.1) is 30.2 Å². The second-order valence-electron chi connectivity index (χ2n) is 14.1. The number of carbonyl (C=O) groups is 2. The summed E-state index contributed by atoms with van der Waals surface area (Å²) in [5.74, 6) is -0.273. The van der Waals surface area contributed by atoms with Crippen LogP contribution in [0, 0.1) is 19.7 Å². The zero-order valence-electron chi connectivity index (χ0n) is 27.2. The molecule has 0 unspecified atom stereocenters. The van der Waals surface area contributed by atoms with Crippen molar-refractivity contribution in [3.05, 3.63) is 76.6 Å². The second-order valence-corrected chi connectivity index (χ2v) is 14.1. The summed E-state index contributed by atoms with van der Waals surface area (Å²) in [5, 5.41) is 4.67. The molecule has 0 radical (unpaired) electrons. The maximum atomic E-state index is 14.1. The number of hydrogen-bond donors (Lipinski definition) is 0. The van der Waals surface area contributed by atoms with Crippen molar-refractivity contribution < 1.29 is 18.7 Å². The van der Waals surface area contributed by atoms with Gasteiger partial charge in [-0.15, -0.1) is 0 Å². The largest absolute Gasteiger partial charge is 0.444 e. The molecule has 9 nitrogen and oxygen atoms in total. The van der Waals surface area contributed by atoms with Gasteiger partial charge >= 0.3 is 6.09 Å². The van der Waals surface area contributed by atoms with Crippen LogP contribution < -0.4 is 4.90 Å². The number of nitrogens with zero attached hydrogens (tertiary/aromatic N) is 6. The van der Waals surface area contributed by atoms with Crippen LogP contribution in [0.3, 0.4) is 0 Å². The van der Waals surface area contributed by atoms with Crippen molar-refractivity contribution in [1.29, 1.82) is 0 Å². The lowest BCUT2D eigenvalue weighted by Crippen LogP contribution is -2.62. The lowest BCUT2D eigenvalue weighted by molar-refractivity contribution is -0.121. The number of rotatable bonds is 6. The molecule has 0 saturated carbocycles. The van der Waals surface area contributed by atoms with Crippen LogP contribution in [0.15, 0.2) is 42.7 Å². The van der Waals surface area contributed by atoms with Crippen molar-refractivity contribution in [2.75, 3.05) is 31.1 Å². The van der Waals surface area contributed by atoms with E-state index < -0.39 is 5.60 Å². The lowest BCUT2D eigenvalue weighted by Gasteiger charge is -2.45. The van der Waals surface area contributed by atoms with Gasteiger partial charge < -0.3 is 14.5 Å². The number of pyridine rings is 1. The number of aryl methyl sites for hydroxylation is 2. The third-order valence-corrected chi connectivity index (χ3v) is 8.54. The number of benzene rings is 1. The molecular weight excluding hydrogens is 559 g/mol. The fourth-order valence-electron chi connectivity index (χ4n) is 6.17. The Bertz CT molecular complexity index is 1510. The van der Waals surface area contributed by atoms with E-state index in [0.29, 0.717) is 32.6 Å². The molecule has 0 spiro atoms. The molecule has 236 valence electrons. The number of anilines is 1. The van der Waals surface area contributed by atoms with Gasteiger partial charge in [0.1, 0.15) is 11.4 Å². The Morgan fingerprint density at radius 2 is 1.80 bits per heavy atom. The minimum atomic E-state index is -0.602. The lowest BCUT2D eigenvalue weighted by atomic mass is 9.91. The van der Waals surface area contributed by atoms with Gasteiger partial charge in [-0.05, 0) is 82.9 Å². The highest BCUT2D eigenvalue weighted by Crippen LogP contribution is 2.40. The zero-order chi connectivity index (χ0) is 32.0. The Labute approximate surface area is 260 Å². The van der Waals surface area contributed by atoms with Gasteiger partial charge in [-0.25, -0.2) is 9.18 Å². The van der Waals surface area contributed by atoms with E-state index in [1.54, 1.807) is 17.0 Å². The quantitative estimate of drug-likeness (QED) is 0.382. The predicted molar refractivity (Wildman–Crippen MR) is 168 cm³/mol. The molecule has 2 aromatic heterocycles. The molecule has 1 aromatic carbocycles. The minimum Gasteiger partial charge on any atom is -0.444 e. The van der Waals surface area contributed by atoms with Crippen LogP contribution in [-0.4, -0.2) is 80.4 Å². The summed E-state index contributed by atoms with van der Waals surface area (Å²) in [6.45, 7) is 18.1. The minimum absolute atomic E-state index is 0.00620. The number of piperazine rings is 1. The van der Waals surface area contributed by atoms with Crippen molar-refractivity contribution in [3.8, 4) is 0 Å². The van der Waals surface area contributed by atoms with Gasteiger partial charge in [-0.1, -0.05) is 26.0 Å². The van der Waals surface area contributed by atoms with Crippen LogP contribution in [0.4, 0.5) is 14.9 Å². The SMILES string of the molecule is Cc1cn(C[C@H]2CN(C(=O)OC(C)(C)C)[C@H](C)CN2CC(=O)N2CC(C)(C)c3ncc(Cc4ccc(F)cc4)cc32)nc1C. The third kappa shape index (κ3) is 6.96. The molecule has 44 heavy (non-hydrogen) atoms. The first-order valence-electron chi connectivity index (χ1n) is 15.4. The zero-order valence-corrected chi connectivity index (χ0v) is 27.2. The van der Waals surface area contributed by atoms with E-state index in [9.17, 15) is 14.0 Å². The average molecular weight is 605 g/mol. The molecule has 2 aliphatic rings. The molecule has 4 heterocycles. The average Bonchev–Trinajstić information content (AvgIpc) is 3.39. The van der Waals surface area contributed by atoms with E-state index in [1.807, 2.05) is 69.6 Å². The first kappa shape index (κ1) is 31.6. The molecule has 5 rings (SSSR count). The van der Waals surface area contributed by atoms with Gasteiger partial charge in [0, 0.05) is 49.5 Å². The number of amides is 2. The smallest absolute Gasteiger partial charge is 0.410 e. The van der Waals surface area contributed by atoms with E-state index in [0.717, 1.165) is 33.8 Å². The number of halogens is 1. The molecule has 2 atom stereocenters. The fourth-order valence-corrected chi connectivity index (χ4v) is 6.17. The van der Waals surface area contributed by atoms with E-state index in [4.69, 9.17) is 9.72 Å². The Morgan fingerprint density at radius 1 is 1.09 bits per heavy atom. The summed E-state index contributed by atoms with van der Waals surface area (Å²) in [4.78, 5) is 37.9. The Balaban J connectivity index is 1.38. The maximum Gasteiger partial charge on any atom is 0.410 e. The van der Waals surface area contributed by atoms with Crippen LogP contribution >= 0.6 is 0 Å². The first-order chi connectivity index (χ1) is 20.6. The monoisotopic (exact) mass is 604 g/mol. The Morgan fingerprint density at radius 3 is 2.43 bits per heavy atom. The Kier molecular flexibility index (Phi) is 8.59. The van der Waals surface area contributed by atoms with E-state index in [1.165, 1.54) is 12.1 Å². The maximum absolute atomic E-state index is 14.1. The Hall–Kier alpha value is -3.79. The molecule has 2 amide bonds. The fraction of sp³-hybridized carbons (Fsp3) is 0.529. The third-order valence-electron chi connectivity index (χ3n) is 8.54. The molecular formula is C34H45FN6O3. The normalized spacial score (nSPS) is 20.1. The summed E-state index contributed by atoms with van der Waals surface area (Å²) < 4.78 is 21.1. The molecule has 0 aliphatic carbocycles. The van der Waals surface area contributed by atoms with Crippen LogP contribution in [0.1, 0.15) is 69.6 Å². The van der Waals surface area contributed by atoms with Crippen molar-refractivity contribution in [3.63, 3.8) is 0 Å². The van der Waals surface area contributed by atoms with Gasteiger partial charge in [-0.3, -0.25) is 19.4 Å². The van der Waals surface area contributed by atoms with Crippen LogP contribution in [0.5, 0.6) is 0 Å². The molecule has 1 fully saturated rings. The molecule has 1 saturated heterocycles. The summed E-state index contributed by atoms with van der Waals surface area (Å²) in [6.07, 6.45) is 4.12. The summed E-state index contributed by atoms with van der Waals surface area (Å²) in [7, 11) is 0. The van der Waals surface area contributed by atoms with Crippen molar-refractivity contribution in [1.82, 2.24) is 24.6 Å². The van der Waals surface area contributed by atoms with Crippen molar-refractivity contribution >= 4 is 17.7 Å². The highest BCUT2D eigenvalue weighted by molar-refractivity contribution is 5.97. The van der Waals surface area contributed by atoms with Crippen molar-refractivity contribution in [2.24, 2.45) is 0 Å². The van der Waals surface area contributed by atoms with Gasteiger partial charge in [0.25, 0.3) is 0 Å². The topological polar surface area (TPSA) is 83.8 Å². The second kappa shape index (κ2) is 12.0. The molecule has 0 bridgehead atoms.